The molecule has 0 aliphatic carbocycles. The zero-order valence-corrected chi connectivity index (χ0v) is 12.0. The molecule has 2 fully saturated rings. The van der Waals surface area contributed by atoms with Gasteiger partial charge < -0.3 is 9.64 Å². The maximum atomic E-state index is 5.53. The standard InChI is InChI=1S/C17H25NO/c1-14-5-4-6-16(13-14)18-10-3-2-7-17(18)15-8-11-19-12-9-15/h4-6,13,15,17H,2-3,7-12H2,1H3. The van der Waals surface area contributed by atoms with E-state index < -0.39 is 0 Å². The Hall–Kier alpha value is -1.02. The molecule has 2 saturated heterocycles. The number of benzene rings is 1. The molecule has 0 aromatic heterocycles. The fourth-order valence-electron chi connectivity index (χ4n) is 3.68. The van der Waals surface area contributed by atoms with Gasteiger partial charge in [-0.1, -0.05) is 12.1 Å². The zero-order chi connectivity index (χ0) is 13.1. The van der Waals surface area contributed by atoms with E-state index in [1.165, 1.54) is 49.9 Å². The molecule has 104 valence electrons. The van der Waals surface area contributed by atoms with Crippen molar-refractivity contribution in [2.75, 3.05) is 24.7 Å². The third kappa shape index (κ3) is 2.94. The Bertz CT molecular complexity index is 411. The van der Waals surface area contributed by atoms with Crippen molar-refractivity contribution in [3.05, 3.63) is 29.8 Å². The van der Waals surface area contributed by atoms with E-state index in [0.717, 1.165) is 25.2 Å². The van der Waals surface area contributed by atoms with Crippen LogP contribution in [-0.4, -0.2) is 25.8 Å². The predicted molar refractivity (Wildman–Crippen MR) is 79.7 cm³/mol. The Balaban J connectivity index is 1.80. The molecule has 2 aliphatic heterocycles. The molecule has 0 radical (unpaired) electrons. The summed E-state index contributed by atoms with van der Waals surface area (Å²) in [6, 6.07) is 9.75. The summed E-state index contributed by atoms with van der Waals surface area (Å²) in [5.74, 6) is 0.828. The van der Waals surface area contributed by atoms with Crippen molar-refractivity contribution in [1.82, 2.24) is 0 Å². The topological polar surface area (TPSA) is 12.5 Å². The van der Waals surface area contributed by atoms with Gasteiger partial charge in [0.25, 0.3) is 0 Å². The molecule has 2 nitrogen and oxygen atoms in total. The second kappa shape index (κ2) is 5.96. The van der Waals surface area contributed by atoms with Gasteiger partial charge in [0.15, 0.2) is 0 Å². The Morgan fingerprint density at radius 3 is 2.74 bits per heavy atom. The second-order valence-corrected chi connectivity index (χ2v) is 6.05. The summed E-state index contributed by atoms with van der Waals surface area (Å²) >= 11 is 0. The van der Waals surface area contributed by atoms with E-state index in [1.54, 1.807) is 0 Å². The molecule has 1 atom stereocenters. The van der Waals surface area contributed by atoms with Crippen LogP contribution in [-0.2, 0) is 4.74 Å². The molecule has 0 amide bonds. The van der Waals surface area contributed by atoms with Gasteiger partial charge in [-0.25, -0.2) is 0 Å². The van der Waals surface area contributed by atoms with Crippen LogP contribution in [0.3, 0.4) is 0 Å². The minimum Gasteiger partial charge on any atom is -0.381 e. The van der Waals surface area contributed by atoms with Gasteiger partial charge in [0, 0.05) is 31.5 Å². The number of hydrogen-bond donors (Lipinski definition) is 0. The number of nitrogens with zero attached hydrogens (tertiary/aromatic N) is 1. The van der Waals surface area contributed by atoms with E-state index in [1.807, 2.05) is 0 Å². The Kier molecular flexibility index (Phi) is 4.07. The van der Waals surface area contributed by atoms with E-state index in [0.29, 0.717) is 0 Å². The summed E-state index contributed by atoms with van der Waals surface area (Å²) in [4.78, 5) is 2.67. The monoisotopic (exact) mass is 259 g/mol. The molecule has 19 heavy (non-hydrogen) atoms. The van der Waals surface area contributed by atoms with Gasteiger partial charge in [0.2, 0.25) is 0 Å². The van der Waals surface area contributed by atoms with Crippen LogP contribution in [0.25, 0.3) is 0 Å². The van der Waals surface area contributed by atoms with E-state index >= 15 is 0 Å². The molecule has 3 rings (SSSR count). The minimum absolute atomic E-state index is 0.736. The molecule has 2 heterocycles. The second-order valence-electron chi connectivity index (χ2n) is 6.05. The predicted octanol–water partition coefficient (Wildman–Crippen LogP) is 3.78. The molecule has 2 heteroatoms. The van der Waals surface area contributed by atoms with Crippen LogP contribution in [0.4, 0.5) is 5.69 Å². The molecular weight excluding hydrogens is 234 g/mol. The number of anilines is 1. The lowest BCUT2D eigenvalue weighted by atomic mass is 9.85. The highest BCUT2D eigenvalue weighted by Gasteiger charge is 2.31. The molecule has 1 aromatic carbocycles. The number of aryl methyl sites for hydroxylation is 1. The largest absolute Gasteiger partial charge is 0.381 e. The minimum atomic E-state index is 0.736. The Morgan fingerprint density at radius 2 is 1.95 bits per heavy atom. The first-order chi connectivity index (χ1) is 9.34. The summed E-state index contributed by atoms with van der Waals surface area (Å²) in [7, 11) is 0. The highest BCUT2D eigenvalue weighted by molar-refractivity contribution is 5.50. The van der Waals surface area contributed by atoms with Crippen molar-refractivity contribution < 1.29 is 4.74 Å². The van der Waals surface area contributed by atoms with Crippen LogP contribution in [0, 0.1) is 12.8 Å². The fourth-order valence-corrected chi connectivity index (χ4v) is 3.68. The smallest absolute Gasteiger partial charge is 0.0469 e. The third-order valence-corrected chi connectivity index (χ3v) is 4.69. The lowest BCUT2D eigenvalue weighted by molar-refractivity contribution is 0.0545. The van der Waals surface area contributed by atoms with Gasteiger partial charge in [-0.05, 0) is 62.6 Å². The normalized spacial score (nSPS) is 25.5. The fraction of sp³-hybridized carbons (Fsp3) is 0.647. The van der Waals surface area contributed by atoms with Crippen molar-refractivity contribution in [3.8, 4) is 0 Å². The molecule has 1 aromatic rings. The van der Waals surface area contributed by atoms with Crippen molar-refractivity contribution in [1.29, 1.82) is 0 Å². The summed E-state index contributed by atoms with van der Waals surface area (Å²) in [6.45, 7) is 5.34. The van der Waals surface area contributed by atoms with Crippen LogP contribution in [0.15, 0.2) is 24.3 Å². The SMILES string of the molecule is Cc1cccc(N2CCCCC2C2CCOCC2)c1. The lowest BCUT2D eigenvalue weighted by Crippen LogP contribution is -2.46. The quantitative estimate of drug-likeness (QED) is 0.801. The van der Waals surface area contributed by atoms with Crippen LogP contribution < -0.4 is 4.90 Å². The highest BCUT2D eigenvalue weighted by Crippen LogP contribution is 2.33. The summed E-state index contributed by atoms with van der Waals surface area (Å²) in [6.07, 6.45) is 6.58. The van der Waals surface area contributed by atoms with Crippen LogP contribution in [0.1, 0.15) is 37.7 Å². The first kappa shape index (κ1) is 13.0. The van der Waals surface area contributed by atoms with Crippen LogP contribution in [0.5, 0.6) is 0 Å². The molecular formula is C17H25NO. The maximum Gasteiger partial charge on any atom is 0.0469 e. The van der Waals surface area contributed by atoms with Gasteiger partial charge in [-0.2, -0.15) is 0 Å². The van der Waals surface area contributed by atoms with Crippen molar-refractivity contribution in [2.45, 2.75) is 45.1 Å². The third-order valence-electron chi connectivity index (χ3n) is 4.69. The zero-order valence-electron chi connectivity index (χ0n) is 12.0. The molecule has 2 aliphatic rings. The van der Waals surface area contributed by atoms with E-state index in [4.69, 9.17) is 4.74 Å². The molecule has 0 spiro atoms. The van der Waals surface area contributed by atoms with E-state index in [9.17, 15) is 0 Å². The molecule has 1 unspecified atom stereocenters. The number of ether oxygens (including phenoxy) is 1. The molecule has 0 bridgehead atoms. The summed E-state index contributed by atoms with van der Waals surface area (Å²) < 4.78 is 5.53. The first-order valence-electron chi connectivity index (χ1n) is 7.75. The molecule has 0 N–H and O–H groups in total. The Morgan fingerprint density at radius 1 is 1.11 bits per heavy atom. The van der Waals surface area contributed by atoms with Crippen LogP contribution in [0.2, 0.25) is 0 Å². The average molecular weight is 259 g/mol. The van der Waals surface area contributed by atoms with E-state index in [-0.39, 0.29) is 0 Å². The first-order valence-corrected chi connectivity index (χ1v) is 7.75. The Labute approximate surface area is 116 Å². The van der Waals surface area contributed by atoms with E-state index in [2.05, 4.69) is 36.1 Å². The van der Waals surface area contributed by atoms with Gasteiger partial charge >= 0.3 is 0 Å². The van der Waals surface area contributed by atoms with Gasteiger partial charge in [-0.3, -0.25) is 0 Å². The number of piperidine rings is 1. The van der Waals surface area contributed by atoms with Gasteiger partial charge in [-0.15, -0.1) is 0 Å². The molecule has 0 saturated carbocycles. The number of hydrogen-bond acceptors (Lipinski definition) is 2. The summed E-state index contributed by atoms with van der Waals surface area (Å²) in [5, 5.41) is 0. The number of rotatable bonds is 2. The average Bonchev–Trinajstić information content (AvgIpc) is 2.48. The maximum absolute atomic E-state index is 5.53. The summed E-state index contributed by atoms with van der Waals surface area (Å²) in [5.41, 5.74) is 2.80. The van der Waals surface area contributed by atoms with Crippen molar-refractivity contribution in [2.24, 2.45) is 5.92 Å². The highest BCUT2D eigenvalue weighted by atomic mass is 16.5. The van der Waals surface area contributed by atoms with Crippen LogP contribution >= 0.6 is 0 Å². The lowest BCUT2D eigenvalue weighted by Gasteiger charge is -2.43. The van der Waals surface area contributed by atoms with Crippen molar-refractivity contribution in [3.63, 3.8) is 0 Å². The van der Waals surface area contributed by atoms with Crippen molar-refractivity contribution >= 4 is 5.69 Å². The van der Waals surface area contributed by atoms with Gasteiger partial charge in [0.05, 0.1) is 0 Å². The van der Waals surface area contributed by atoms with Gasteiger partial charge in [0.1, 0.15) is 0 Å².